The summed E-state index contributed by atoms with van der Waals surface area (Å²) in [5.74, 6) is 0.749. The van der Waals surface area contributed by atoms with Gasteiger partial charge in [0.2, 0.25) is 0 Å². The zero-order chi connectivity index (χ0) is 19.7. The van der Waals surface area contributed by atoms with Gasteiger partial charge in [0.1, 0.15) is 17.4 Å². The molecule has 0 unspecified atom stereocenters. The van der Waals surface area contributed by atoms with Gasteiger partial charge in [-0.05, 0) is 57.0 Å². The van der Waals surface area contributed by atoms with Gasteiger partial charge in [0, 0.05) is 28.8 Å². The predicted molar refractivity (Wildman–Crippen MR) is 105 cm³/mol. The molecule has 0 fully saturated rings. The number of carbonyl (C=O) groups is 1. The fourth-order valence-corrected chi connectivity index (χ4v) is 2.88. The van der Waals surface area contributed by atoms with Crippen molar-refractivity contribution in [3.63, 3.8) is 0 Å². The van der Waals surface area contributed by atoms with E-state index in [1.165, 1.54) is 11.3 Å². The summed E-state index contributed by atoms with van der Waals surface area (Å²) in [6.45, 7) is 6.79. The summed E-state index contributed by atoms with van der Waals surface area (Å²) < 4.78 is 10.8. The molecule has 1 aromatic heterocycles. The van der Waals surface area contributed by atoms with Crippen molar-refractivity contribution >= 4 is 17.4 Å². The molecule has 0 aliphatic carbocycles. The highest BCUT2D eigenvalue weighted by atomic mass is 32.1. The van der Waals surface area contributed by atoms with Crippen LogP contribution >= 0.6 is 11.3 Å². The summed E-state index contributed by atoms with van der Waals surface area (Å²) >= 11 is 1.48. The van der Waals surface area contributed by atoms with Gasteiger partial charge in [0.25, 0.3) is 0 Å². The van der Waals surface area contributed by atoms with Crippen LogP contribution in [0.15, 0.2) is 35.6 Å². The van der Waals surface area contributed by atoms with Gasteiger partial charge in [-0.3, -0.25) is 0 Å². The number of benzene rings is 1. The number of amides is 1. The average Bonchev–Trinajstić information content (AvgIpc) is 3.08. The Labute approximate surface area is 162 Å². The number of hydrogen-bond acceptors (Lipinski definition) is 6. The van der Waals surface area contributed by atoms with Crippen LogP contribution in [0, 0.1) is 0 Å². The lowest BCUT2D eigenvalue weighted by Crippen LogP contribution is -2.40. The van der Waals surface area contributed by atoms with Crippen molar-refractivity contribution in [2.24, 2.45) is 5.11 Å². The van der Waals surface area contributed by atoms with Crippen molar-refractivity contribution in [2.45, 2.75) is 39.3 Å². The number of hydrogen-bond donors (Lipinski definition) is 1. The summed E-state index contributed by atoms with van der Waals surface area (Å²) in [5.41, 5.74) is 8.85. The van der Waals surface area contributed by atoms with E-state index in [2.05, 4.69) is 20.3 Å². The van der Waals surface area contributed by atoms with Crippen LogP contribution in [0.5, 0.6) is 5.75 Å². The number of ether oxygens (including phenoxy) is 2. The van der Waals surface area contributed by atoms with Gasteiger partial charge >= 0.3 is 6.09 Å². The molecule has 0 atom stereocenters. The summed E-state index contributed by atoms with van der Waals surface area (Å²) in [5, 5.41) is 7.06. The Morgan fingerprint density at radius 3 is 2.74 bits per heavy atom. The lowest BCUT2D eigenvalue weighted by molar-refractivity contribution is 0.132. The van der Waals surface area contributed by atoms with Crippen molar-refractivity contribution in [3.8, 4) is 16.3 Å². The highest BCUT2D eigenvalue weighted by molar-refractivity contribution is 7.15. The molecule has 2 aromatic rings. The van der Waals surface area contributed by atoms with E-state index in [4.69, 9.17) is 15.0 Å². The van der Waals surface area contributed by atoms with Gasteiger partial charge in [-0.1, -0.05) is 5.11 Å². The van der Waals surface area contributed by atoms with Gasteiger partial charge in [0.15, 0.2) is 0 Å². The number of alkyl carbamates (subject to hydrolysis) is 1. The molecule has 0 bridgehead atoms. The maximum Gasteiger partial charge on any atom is 0.407 e. The van der Waals surface area contributed by atoms with E-state index in [0.29, 0.717) is 19.6 Å². The van der Waals surface area contributed by atoms with Gasteiger partial charge in [-0.15, -0.1) is 11.3 Å². The first-order valence-corrected chi connectivity index (χ1v) is 9.33. The molecule has 0 radical (unpaired) electrons. The summed E-state index contributed by atoms with van der Waals surface area (Å²) in [6.07, 6.45) is 1.94. The highest BCUT2D eigenvalue weighted by Gasteiger charge is 2.15. The Hall–Kier alpha value is -2.77. The SMILES string of the molecule is CC(C)(C)NC(=O)OCc1cnc(-c2ccc(OCCCN=[N+]=[N-])cc2)s1. The minimum atomic E-state index is -0.445. The predicted octanol–water partition coefficient (Wildman–Crippen LogP) is 4.91. The third kappa shape index (κ3) is 7.55. The minimum absolute atomic E-state index is 0.186. The Morgan fingerprint density at radius 2 is 2.07 bits per heavy atom. The fraction of sp³-hybridized carbons (Fsp3) is 0.444. The molecule has 27 heavy (non-hydrogen) atoms. The zero-order valence-corrected chi connectivity index (χ0v) is 16.5. The monoisotopic (exact) mass is 389 g/mol. The lowest BCUT2D eigenvalue weighted by Gasteiger charge is -2.19. The van der Waals surface area contributed by atoms with Gasteiger partial charge < -0.3 is 14.8 Å². The number of aromatic nitrogens is 1. The number of nitrogens with zero attached hydrogens (tertiary/aromatic N) is 4. The minimum Gasteiger partial charge on any atom is -0.494 e. The zero-order valence-electron chi connectivity index (χ0n) is 15.6. The van der Waals surface area contributed by atoms with Crippen LogP contribution in [-0.2, 0) is 11.3 Å². The lowest BCUT2D eigenvalue weighted by atomic mass is 10.1. The standard InChI is InChI=1S/C18H23N5O3S/c1-18(2,3)22-17(24)26-12-15-11-20-16(27-15)13-5-7-14(8-6-13)25-10-4-9-21-23-19/h5-8,11H,4,9-10,12H2,1-3H3,(H,22,24). The van der Waals surface area contributed by atoms with Crippen LogP contribution in [0.2, 0.25) is 0 Å². The number of thiazole rings is 1. The van der Waals surface area contributed by atoms with E-state index in [1.807, 2.05) is 45.0 Å². The van der Waals surface area contributed by atoms with Gasteiger partial charge in [0.05, 0.1) is 11.5 Å². The number of carbonyl (C=O) groups excluding carboxylic acids is 1. The van der Waals surface area contributed by atoms with E-state index < -0.39 is 6.09 Å². The largest absolute Gasteiger partial charge is 0.494 e. The summed E-state index contributed by atoms with van der Waals surface area (Å²) in [7, 11) is 0. The number of rotatable bonds is 8. The molecular weight excluding hydrogens is 366 g/mol. The average molecular weight is 389 g/mol. The van der Waals surface area contributed by atoms with Crippen LogP contribution in [0.4, 0.5) is 4.79 Å². The van der Waals surface area contributed by atoms with Crippen molar-refractivity contribution in [1.29, 1.82) is 0 Å². The maximum atomic E-state index is 11.7. The summed E-state index contributed by atoms with van der Waals surface area (Å²) in [6, 6.07) is 7.60. The molecule has 0 saturated heterocycles. The van der Waals surface area contributed by atoms with Crippen LogP contribution < -0.4 is 10.1 Å². The summed E-state index contributed by atoms with van der Waals surface area (Å²) in [4.78, 5) is 19.7. The van der Waals surface area contributed by atoms with Crippen LogP contribution in [-0.4, -0.2) is 29.8 Å². The third-order valence-corrected chi connectivity index (χ3v) is 4.23. The first-order valence-electron chi connectivity index (χ1n) is 8.51. The second-order valence-corrected chi connectivity index (χ2v) is 7.88. The Kier molecular flexibility index (Phi) is 7.45. The molecule has 9 heteroatoms. The first kappa shape index (κ1) is 20.5. The second-order valence-electron chi connectivity index (χ2n) is 6.76. The Balaban J connectivity index is 1.84. The molecule has 2 rings (SSSR count). The van der Waals surface area contributed by atoms with Crippen LogP contribution in [0.25, 0.3) is 21.0 Å². The molecule has 0 aliphatic heterocycles. The van der Waals surface area contributed by atoms with Gasteiger partial charge in [-0.2, -0.15) is 0 Å². The molecular formula is C18H23N5O3S. The Bertz CT molecular complexity index is 792. The van der Waals surface area contributed by atoms with Crippen LogP contribution in [0.3, 0.4) is 0 Å². The van der Waals surface area contributed by atoms with Crippen LogP contribution in [0.1, 0.15) is 32.1 Å². The number of nitrogens with one attached hydrogen (secondary N) is 1. The quantitative estimate of drug-likeness (QED) is 0.299. The Morgan fingerprint density at radius 1 is 1.33 bits per heavy atom. The molecule has 1 aromatic carbocycles. The fourth-order valence-electron chi connectivity index (χ4n) is 2.05. The molecule has 1 N–H and O–H groups in total. The molecule has 8 nitrogen and oxygen atoms in total. The first-order chi connectivity index (χ1) is 12.9. The van der Waals surface area contributed by atoms with E-state index in [9.17, 15) is 4.79 Å². The maximum absolute atomic E-state index is 11.7. The normalized spacial score (nSPS) is 10.8. The molecule has 1 heterocycles. The van der Waals surface area contributed by atoms with Crippen molar-refractivity contribution in [1.82, 2.24) is 10.3 Å². The second kappa shape index (κ2) is 9.80. The van der Waals surface area contributed by atoms with Crippen molar-refractivity contribution < 1.29 is 14.3 Å². The molecule has 0 aliphatic rings. The highest BCUT2D eigenvalue weighted by Crippen LogP contribution is 2.27. The molecule has 0 spiro atoms. The number of azide groups is 1. The van der Waals surface area contributed by atoms with Crippen molar-refractivity contribution in [2.75, 3.05) is 13.2 Å². The smallest absolute Gasteiger partial charge is 0.407 e. The van der Waals surface area contributed by atoms with Crippen molar-refractivity contribution in [3.05, 3.63) is 45.8 Å². The van der Waals surface area contributed by atoms with E-state index in [1.54, 1.807) is 6.20 Å². The third-order valence-electron chi connectivity index (χ3n) is 3.21. The van der Waals surface area contributed by atoms with Gasteiger partial charge in [-0.25, -0.2) is 9.78 Å². The molecule has 144 valence electrons. The topological polar surface area (TPSA) is 109 Å². The molecule has 1 amide bonds. The van der Waals surface area contributed by atoms with E-state index >= 15 is 0 Å². The van der Waals surface area contributed by atoms with E-state index in [0.717, 1.165) is 21.2 Å². The van der Waals surface area contributed by atoms with E-state index in [-0.39, 0.29) is 12.1 Å². The molecule has 0 saturated carbocycles.